The van der Waals surface area contributed by atoms with Gasteiger partial charge in [-0.25, -0.2) is 0 Å². The van der Waals surface area contributed by atoms with Crippen LogP contribution in [-0.2, 0) is 9.59 Å². The number of carboxylic acid groups (broad SMARTS) is 2. The van der Waals surface area contributed by atoms with Gasteiger partial charge in [-0.3, -0.25) is 9.59 Å². The molecule has 0 rings (SSSR count). The number of hydrogen-bond donors (Lipinski definition) is 2. The first-order valence-corrected chi connectivity index (χ1v) is 11.7. The van der Waals surface area contributed by atoms with E-state index >= 15 is 0 Å². The average molecular weight is 399 g/mol. The summed E-state index contributed by atoms with van der Waals surface area (Å²) in [6.45, 7) is 8.57. The van der Waals surface area contributed by atoms with E-state index in [-0.39, 0.29) is 18.3 Å². The van der Waals surface area contributed by atoms with Crippen LogP contribution in [0.1, 0.15) is 124 Å². The van der Waals surface area contributed by atoms with Gasteiger partial charge >= 0.3 is 11.9 Å². The van der Waals surface area contributed by atoms with Crippen LogP contribution in [0.25, 0.3) is 0 Å². The maximum absolute atomic E-state index is 12.2. The number of aliphatic carboxylic acids is 2. The summed E-state index contributed by atoms with van der Waals surface area (Å²) >= 11 is 0. The van der Waals surface area contributed by atoms with E-state index in [0.29, 0.717) is 12.8 Å². The fraction of sp³-hybridized carbons (Fsp3) is 0.917. The van der Waals surface area contributed by atoms with Crippen molar-refractivity contribution >= 4 is 11.9 Å². The van der Waals surface area contributed by atoms with Crippen LogP contribution in [0.5, 0.6) is 0 Å². The topological polar surface area (TPSA) is 74.6 Å². The Balaban J connectivity index is 4.77. The summed E-state index contributed by atoms with van der Waals surface area (Å²) in [6.07, 6.45) is 14.7. The van der Waals surface area contributed by atoms with Crippen molar-refractivity contribution in [2.45, 2.75) is 124 Å². The third kappa shape index (κ3) is 12.4. The van der Waals surface area contributed by atoms with E-state index in [1.807, 2.05) is 0 Å². The Bertz CT molecular complexity index is 397. The lowest BCUT2D eigenvalue weighted by Gasteiger charge is -2.33. The van der Waals surface area contributed by atoms with Crippen molar-refractivity contribution in [3.63, 3.8) is 0 Å². The molecule has 0 aliphatic heterocycles. The molecular weight excluding hydrogens is 352 g/mol. The second kappa shape index (κ2) is 15.8. The number of unbranched alkanes of at least 4 members (excludes halogenated alkanes) is 8. The van der Waals surface area contributed by atoms with Crippen molar-refractivity contribution in [2.24, 2.45) is 17.3 Å². The molecule has 4 nitrogen and oxygen atoms in total. The molecule has 0 fully saturated rings. The number of carboxylic acids is 2. The molecule has 2 unspecified atom stereocenters. The van der Waals surface area contributed by atoms with Gasteiger partial charge in [0, 0.05) is 0 Å². The predicted molar refractivity (Wildman–Crippen MR) is 117 cm³/mol. The van der Waals surface area contributed by atoms with E-state index in [0.717, 1.165) is 25.7 Å². The van der Waals surface area contributed by atoms with Crippen molar-refractivity contribution < 1.29 is 19.8 Å². The summed E-state index contributed by atoms with van der Waals surface area (Å²) in [4.78, 5) is 23.7. The average Bonchev–Trinajstić information content (AvgIpc) is 2.60. The van der Waals surface area contributed by atoms with E-state index in [4.69, 9.17) is 0 Å². The standard InChI is InChI=1S/C24H46O4/c1-5-7-9-11-13-15-20(3)17-24(23(27)28,19-22(25)26)18-21(4)16-14-12-10-8-6-2/h20-21H,5-19H2,1-4H3,(H,25,26)(H,27,28). The van der Waals surface area contributed by atoms with Crippen LogP contribution in [0, 0.1) is 17.3 Å². The molecule has 4 heteroatoms. The predicted octanol–water partition coefficient (Wildman–Crippen LogP) is 7.31. The Morgan fingerprint density at radius 1 is 0.714 bits per heavy atom. The summed E-state index contributed by atoms with van der Waals surface area (Å²) in [5.74, 6) is -1.43. The first-order valence-electron chi connectivity index (χ1n) is 11.7. The smallest absolute Gasteiger partial charge is 0.310 e. The first kappa shape index (κ1) is 26.9. The van der Waals surface area contributed by atoms with Gasteiger partial charge in [-0.2, -0.15) is 0 Å². The lowest BCUT2D eigenvalue weighted by molar-refractivity contribution is -0.158. The zero-order chi connectivity index (χ0) is 21.4. The third-order valence-electron chi connectivity index (χ3n) is 6.02. The minimum atomic E-state index is -1.13. The highest BCUT2D eigenvalue weighted by molar-refractivity contribution is 5.81. The molecule has 0 aromatic rings. The molecule has 0 bridgehead atoms. The van der Waals surface area contributed by atoms with Crippen LogP contribution in [0.2, 0.25) is 0 Å². The zero-order valence-electron chi connectivity index (χ0n) is 19.0. The lowest BCUT2D eigenvalue weighted by Crippen LogP contribution is -2.37. The third-order valence-corrected chi connectivity index (χ3v) is 6.02. The number of carbonyl (C=O) groups is 2. The van der Waals surface area contributed by atoms with Crippen LogP contribution in [0.3, 0.4) is 0 Å². The molecule has 0 heterocycles. The number of rotatable bonds is 19. The van der Waals surface area contributed by atoms with Gasteiger partial charge in [0.1, 0.15) is 0 Å². The lowest BCUT2D eigenvalue weighted by atomic mass is 9.70. The van der Waals surface area contributed by atoms with Crippen molar-refractivity contribution in [1.82, 2.24) is 0 Å². The zero-order valence-corrected chi connectivity index (χ0v) is 19.0. The summed E-state index contributed by atoms with van der Waals surface area (Å²) in [5.41, 5.74) is -1.13. The van der Waals surface area contributed by atoms with Gasteiger partial charge in [-0.1, -0.05) is 105 Å². The van der Waals surface area contributed by atoms with E-state index in [1.165, 1.54) is 51.4 Å². The Morgan fingerprint density at radius 3 is 1.43 bits per heavy atom. The van der Waals surface area contributed by atoms with Gasteiger partial charge in [-0.15, -0.1) is 0 Å². The summed E-state index contributed by atoms with van der Waals surface area (Å²) in [5, 5.41) is 19.4. The number of hydrogen-bond acceptors (Lipinski definition) is 2. The fourth-order valence-electron chi connectivity index (χ4n) is 4.50. The molecule has 0 aliphatic carbocycles. The Hall–Kier alpha value is -1.06. The molecule has 0 aromatic heterocycles. The first-order chi connectivity index (χ1) is 13.3. The van der Waals surface area contributed by atoms with Crippen molar-refractivity contribution in [3.05, 3.63) is 0 Å². The SMILES string of the molecule is CCCCCCCC(C)CC(CC(=O)O)(CC(C)CCCCCCC)C(=O)O. The maximum atomic E-state index is 12.2. The minimum Gasteiger partial charge on any atom is -0.481 e. The molecule has 2 atom stereocenters. The van der Waals surface area contributed by atoms with E-state index in [1.54, 1.807) is 0 Å². The van der Waals surface area contributed by atoms with Gasteiger partial charge < -0.3 is 10.2 Å². The molecule has 0 aromatic carbocycles. The van der Waals surface area contributed by atoms with Crippen LogP contribution >= 0.6 is 0 Å². The monoisotopic (exact) mass is 398 g/mol. The molecule has 0 radical (unpaired) electrons. The Morgan fingerprint density at radius 2 is 1.11 bits per heavy atom. The molecular formula is C24H46O4. The Kier molecular flexibility index (Phi) is 15.2. The molecule has 0 amide bonds. The summed E-state index contributed by atoms with van der Waals surface area (Å²) in [6, 6.07) is 0. The fourth-order valence-corrected chi connectivity index (χ4v) is 4.50. The van der Waals surface area contributed by atoms with E-state index in [9.17, 15) is 19.8 Å². The van der Waals surface area contributed by atoms with Gasteiger partial charge in [0.05, 0.1) is 11.8 Å². The molecule has 0 saturated carbocycles. The second-order valence-corrected chi connectivity index (χ2v) is 9.18. The van der Waals surface area contributed by atoms with Gasteiger partial charge in [0.2, 0.25) is 0 Å². The molecule has 0 aliphatic rings. The van der Waals surface area contributed by atoms with E-state index in [2.05, 4.69) is 27.7 Å². The van der Waals surface area contributed by atoms with Gasteiger partial charge in [0.25, 0.3) is 0 Å². The molecule has 0 spiro atoms. The summed E-state index contributed by atoms with van der Waals surface area (Å²) in [7, 11) is 0. The highest BCUT2D eigenvalue weighted by atomic mass is 16.4. The minimum absolute atomic E-state index is 0.244. The molecule has 0 saturated heterocycles. The van der Waals surface area contributed by atoms with Gasteiger partial charge in [0.15, 0.2) is 0 Å². The normalized spacial score (nSPS) is 15.7. The van der Waals surface area contributed by atoms with Crippen molar-refractivity contribution in [1.29, 1.82) is 0 Å². The van der Waals surface area contributed by atoms with Crippen molar-refractivity contribution in [2.75, 3.05) is 0 Å². The quantitative estimate of drug-likeness (QED) is 0.224. The highest BCUT2D eigenvalue weighted by Gasteiger charge is 2.42. The second-order valence-electron chi connectivity index (χ2n) is 9.18. The Labute approximate surface area is 173 Å². The van der Waals surface area contributed by atoms with Crippen molar-refractivity contribution in [3.8, 4) is 0 Å². The molecule has 28 heavy (non-hydrogen) atoms. The largest absolute Gasteiger partial charge is 0.481 e. The van der Waals surface area contributed by atoms with Crippen LogP contribution in [-0.4, -0.2) is 22.2 Å². The van der Waals surface area contributed by atoms with Crippen LogP contribution in [0.4, 0.5) is 0 Å². The van der Waals surface area contributed by atoms with Gasteiger partial charge in [-0.05, 0) is 24.7 Å². The molecule has 166 valence electrons. The van der Waals surface area contributed by atoms with Crippen LogP contribution < -0.4 is 0 Å². The van der Waals surface area contributed by atoms with E-state index < -0.39 is 17.4 Å². The van der Waals surface area contributed by atoms with Crippen LogP contribution in [0.15, 0.2) is 0 Å². The maximum Gasteiger partial charge on any atom is 0.310 e. The highest BCUT2D eigenvalue weighted by Crippen LogP contribution is 2.40. The molecule has 2 N–H and O–H groups in total. The summed E-state index contributed by atoms with van der Waals surface area (Å²) < 4.78 is 0.